The molecule has 110 valence electrons. The summed E-state index contributed by atoms with van der Waals surface area (Å²) in [5, 5.41) is 10.0. The summed E-state index contributed by atoms with van der Waals surface area (Å²) >= 11 is 0. The third kappa shape index (κ3) is 2.94. The highest BCUT2D eigenvalue weighted by Crippen LogP contribution is 2.23. The third-order valence-corrected chi connectivity index (χ3v) is 4.03. The summed E-state index contributed by atoms with van der Waals surface area (Å²) in [6.07, 6.45) is 0. The molecule has 0 aliphatic carbocycles. The van der Waals surface area contributed by atoms with E-state index >= 15 is 0 Å². The molecule has 1 aliphatic heterocycles. The number of carbonyl (C=O) groups excluding carboxylic acids is 1. The first-order chi connectivity index (χ1) is 9.54. The molecule has 1 heterocycles. The zero-order chi connectivity index (χ0) is 14.7. The van der Waals surface area contributed by atoms with Gasteiger partial charge in [0.25, 0.3) is 5.91 Å². The Bertz CT molecular complexity index is 482. The third-order valence-electron chi connectivity index (χ3n) is 4.03. The van der Waals surface area contributed by atoms with Crippen molar-refractivity contribution >= 4 is 5.91 Å². The lowest BCUT2D eigenvalue weighted by Crippen LogP contribution is -2.52. The van der Waals surface area contributed by atoms with Gasteiger partial charge in [0, 0.05) is 38.8 Å². The van der Waals surface area contributed by atoms with Crippen LogP contribution >= 0.6 is 0 Å². The first-order valence-corrected chi connectivity index (χ1v) is 7.06. The molecule has 1 saturated heterocycles. The second-order valence-corrected chi connectivity index (χ2v) is 5.38. The highest BCUT2D eigenvalue weighted by molar-refractivity contribution is 5.97. The maximum absolute atomic E-state index is 12.4. The number of nitrogens with two attached hydrogens (primary N) is 1. The van der Waals surface area contributed by atoms with E-state index in [0.29, 0.717) is 31.2 Å². The van der Waals surface area contributed by atoms with E-state index in [2.05, 4.69) is 11.8 Å². The number of hydrogen-bond donors (Lipinski definition) is 2. The van der Waals surface area contributed by atoms with Crippen LogP contribution in [0.5, 0.6) is 5.75 Å². The number of hydrogen-bond acceptors (Lipinski definition) is 4. The molecule has 2 rings (SSSR count). The fourth-order valence-electron chi connectivity index (χ4n) is 2.52. The molecular weight excluding hydrogens is 254 g/mol. The molecule has 3 N–H and O–H groups in total. The fourth-order valence-corrected chi connectivity index (χ4v) is 2.52. The highest BCUT2D eigenvalue weighted by Gasteiger charge is 2.25. The van der Waals surface area contributed by atoms with Crippen molar-refractivity contribution in [3.05, 3.63) is 29.3 Å². The Morgan fingerprint density at radius 3 is 2.60 bits per heavy atom. The molecule has 5 heteroatoms. The van der Waals surface area contributed by atoms with Crippen molar-refractivity contribution in [3.8, 4) is 5.75 Å². The van der Waals surface area contributed by atoms with Gasteiger partial charge in [-0.05, 0) is 25.5 Å². The van der Waals surface area contributed by atoms with Crippen LogP contribution in [0.2, 0.25) is 0 Å². The molecular formula is C15H23N3O2. The second kappa shape index (κ2) is 6.24. The predicted molar refractivity (Wildman–Crippen MR) is 78.8 cm³/mol. The van der Waals surface area contributed by atoms with E-state index in [0.717, 1.165) is 18.7 Å². The van der Waals surface area contributed by atoms with Crippen LogP contribution in [0.15, 0.2) is 18.2 Å². The molecule has 0 bridgehead atoms. The predicted octanol–water partition coefficient (Wildman–Crippen LogP) is 0.806. The Hall–Kier alpha value is -1.59. The molecule has 0 saturated carbocycles. The Morgan fingerprint density at radius 1 is 1.35 bits per heavy atom. The Kier molecular flexibility index (Phi) is 4.62. The van der Waals surface area contributed by atoms with E-state index in [-0.39, 0.29) is 11.7 Å². The lowest BCUT2D eigenvalue weighted by Gasteiger charge is -2.37. The van der Waals surface area contributed by atoms with E-state index in [9.17, 15) is 9.90 Å². The van der Waals surface area contributed by atoms with Crippen LogP contribution in [0.3, 0.4) is 0 Å². The largest absolute Gasteiger partial charge is 0.507 e. The van der Waals surface area contributed by atoms with Gasteiger partial charge in [0.2, 0.25) is 0 Å². The molecule has 1 atom stereocenters. The Labute approximate surface area is 120 Å². The maximum Gasteiger partial charge on any atom is 0.257 e. The molecule has 1 unspecified atom stereocenters. The van der Waals surface area contributed by atoms with Gasteiger partial charge in [-0.1, -0.05) is 12.1 Å². The molecule has 1 amide bonds. The number of phenolic OH excluding ortho intramolecular Hbond substituents is 1. The van der Waals surface area contributed by atoms with Crippen LogP contribution < -0.4 is 5.73 Å². The number of aryl methyl sites for hydroxylation is 1. The summed E-state index contributed by atoms with van der Waals surface area (Å²) in [5.41, 5.74) is 6.79. The summed E-state index contributed by atoms with van der Waals surface area (Å²) < 4.78 is 0. The average molecular weight is 277 g/mol. The molecule has 0 aromatic heterocycles. The van der Waals surface area contributed by atoms with Gasteiger partial charge in [-0.3, -0.25) is 9.69 Å². The number of phenols is 1. The van der Waals surface area contributed by atoms with Crippen LogP contribution in [0.1, 0.15) is 22.8 Å². The zero-order valence-corrected chi connectivity index (χ0v) is 12.2. The molecule has 5 nitrogen and oxygen atoms in total. The number of nitrogens with zero attached hydrogens (tertiary/aromatic N) is 2. The van der Waals surface area contributed by atoms with Crippen molar-refractivity contribution in [2.45, 2.75) is 19.9 Å². The summed E-state index contributed by atoms with van der Waals surface area (Å²) in [7, 11) is 0. The Morgan fingerprint density at radius 2 is 2.00 bits per heavy atom. The number of para-hydroxylation sites is 1. The molecule has 1 aromatic carbocycles. The molecule has 1 fully saturated rings. The summed E-state index contributed by atoms with van der Waals surface area (Å²) in [4.78, 5) is 16.5. The normalized spacial score (nSPS) is 18.1. The van der Waals surface area contributed by atoms with E-state index < -0.39 is 0 Å². The van der Waals surface area contributed by atoms with Crippen molar-refractivity contribution < 1.29 is 9.90 Å². The highest BCUT2D eigenvalue weighted by atomic mass is 16.3. The van der Waals surface area contributed by atoms with Gasteiger partial charge in [0.1, 0.15) is 5.75 Å². The van der Waals surface area contributed by atoms with E-state index in [4.69, 9.17) is 5.73 Å². The second-order valence-electron chi connectivity index (χ2n) is 5.38. The summed E-state index contributed by atoms with van der Waals surface area (Å²) in [6, 6.07) is 5.63. The van der Waals surface area contributed by atoms with Gasteiger partial charge >= 0.3 is 0 Å². The number of carbonyl (C=O) groups is 1. The molecule has 0 spiro atoms. The van der Waals surface area contributed by atoms with Gasteiger partial charge in [-0.2, -0.15) is 0 Å². The van der Waals surface area contributed by atoms with E-state index in [1.54, 1.807) is 30.0 Å². The van der Waals surface area contributed by atoms with E-state index in [1.807, 2.05) is 0 Å². The molecule has 20 heavy (non-hydrogen) atoms. The standard InChI is InChI=1S/C15H23N3O2/c1-11-4-3-5-13(14(11)19)15(20)18-8-6-17(7-9-18)12(2)10-16/h3-5,12,19H,6-10,16H2,1-2H3. The van der Waals surface area contributed by atoms with Crippen molar-refractivity contribution in [1.82, 2.24) is 9.80 Å². The van der Waals surface area contributed by atoms with Crippen molar-refractivity contribution in [2.75, 3.05) is 32.7 Å². The van der Waals surface area contributed by atoms with Gasteiger partial charge in [-0.15, -0.1) is 0 Å². The molecule has 1 aliphatic rings. The summed E-state index contributed by atoms with van der Waals surface area (Å²) in [6.45, 7) is 7.55. The first kappa shape index (κ1) is 14.8. The van der Waals surface area contributed by atoms with Gasteiger partial charge < -0.3 is 15.7 Å². The summed E-state index contributed by atoms with van der Waals surface area (Å²) in [5.74, 6) is 0.00140. The minimum absolute atomic E-state index is 0.0914. The number of aromatic hydroxyl groups is 1. The fraction of sp³-hybridized carbons (Fsp3) is 0.533. The van der Waals surface area contributed by atoms with Gasteiger partial charge in [0.05, 0.1) is 5.56 Å². The average Bonchev–Trinajstić information content (AvgIpc) is 2.48. The lowest BCUT2D eigenvalue weighted by atomic mass is 10.1. The smallest absolute Gasteiger partial charge is 0.257 e. The lowest BCUT2D eigenvalue weighted by molar-refractivity contribution is 0.0586. The number of amides is 1. The molecule has 1 aromatic rings. The first-order valence-electron chi connectivity index (χ1n) is 7.06. The number of benzene rings is 1. The van der Waals surface area contributed by atoms with Gasteiger partial charge in [0.15, 0.2) is 0 Å². The maximum atomic E-state index is 12.4. The zero-order valence-electron chi connectivity index (χ0n) is 12.2. The number of piperazine rings is 1. The minimum atomic E-state index is -0.0914. The van der Waals surface area contributed by atoms with Crippen LogP contribution in [0.25, 0.3) is 0 Å². The van der Waals surface area contributed by atoms with Crippen LogP contribution in [-0.2, 0) is 0 Å². The van der Waals surface area contributed by atoms with Crippen molar-refractivity contribution in [2.24, 2.45) is 5.73 Å². The molecule has 0 radical (unpaired) electrons. The SMILES string of the molecule is Cc1cccc(C(=O)N2CCN(C(C)CN)CC2)c1O. The van der Waals surface area contributed by atoms with E-state index in [1.165, 1.54) is 0 Å². The van der Waals surface area contributed by atoms with Crippen LogP contribution in [-0.4, -0.2) is 59.6 Å². The van der Waals surface area contributed by atoms with Crippen LogP contribution in [0, 0.1) is 6.92 Å². The van der Waals surface area contributed by atoms with Crippen LogP contribution in [0.4, 0.5) is 0 Å². The van der Waals surface area contributed by atoms with Crippen molar-refractivity contribution in [1.29, 1.82) is 0 Å². The minimum Gasteiger partial charge on any atom is -0.507 e. The van der Waals surface area contributed by atoms with Gasteiger partial charge in [-0.25, -0.2) is 0 Å². The van der Waals surface area contributed by atoms with Crippen molar-refractivity contribution in [3.63, 3.8) is 0 Å². The number of rotatable bonds is 3. The monoisotopic (exact) mass is 277 g/mol. The quantitative estimate of drug-likeness (QED) is 0.857. The topological polar surface area (TPSA) is 69.8 Å². The Balaban J connectivity index is 2.03.